The van der Waals surface area contributed by atoms with Gasteiger partial charge in [-0.05, 0) is 55.0 Å². The number of thioether (sulfide) groups is 1. The van der Waals surface area contributed by atoms with E-state index in [1.54, 1.807) is 24.3 Å². The second-order valence-electron chi connectivity index (χ2n) is 7.32. The Balaban J connectivity index is 1.49. The van der Waals surface area contributed by atoms with E-state index in [4.69, 9.17) is 4.74 Å². The SMILES string of the molecule is Cc1cc(SCC(=O)Nc2cccc(F)c2)nc2ccc(S(=O)(=O)N3CCOCC3)cc12. The number of carbonyl (C=O) groups excluding carboxylic acids is 1. The van der Waals surface area contributed by atoms with E-state index in [0.717, 1.165) is 10.9 Å². The van der Waals surface area contributed by atoms with Gasteiger partial charge in [0.2, 0.25) is 15.9 Å². The van der Waals surface area contributed by atoms with E-state index in [1.165, 1.54) is 34.3 Å². The number of nitrogens with zero attached hydrogens (tertiary/aromatic N) is 2. The average Bonchev–Trinajstić information content (AvgIpc) is 2.78. The molecule has 1 aliphatic heterocycles. The molecule has 2 heterocycles. The van der Waals surface area contributed by atoms with Crippen LogP contribution in [0.5, 0.6) is 0 Å². The molecule has 1 amide bonds. The Hall–Kier alpha value is -2.53. The van der Waals surface area contributed by atoms with Crippen LogP contribution in [0.25, 0.3) is 10.9 Å². The van der Waals surface area contributed by atoms with Gasteiger partial charge in [-0.15, -0.1) is 0 Å². The standard InChI is InChI=1S/C22H22FN3O4S2/c1-15-11-22(31-14-21(27)24-17-4-2-3-16(23)12-17)25-20-6-5-18(13-19(15)20)32(28,29)26-7-9-30-10-8-26/h2-6,11-13H,7-10,14H2,1H3,(H,24,27). The Kier molecular flexibility index (Phi) is 6.75. The minimum atomic E-state index is -3.59. The number of aromatic nitrogens is 1. The number of nitrogens with one attached hydrogen (secondary N) is 1. The fraction of sp³-hybridized carbons (Fsp3) is 0.273. The van der Waals surface area contributed by atoms with Gasteiger partial charge in [0.1, 0.15) is 5.82 Å². The van der Waals surface area contributed by atoms with E-state index >= 15 is 0 Å². The quantitative estimate of drug-likeness (QED) is 0.550. The number of aryl methyl sites for hydroxylation is 1. The number of hydrogen-bond acceptors (Lipinski definition) is 6. The summed E-state index contributed by atoms with van der Waals surface area (Å²) in [6.45, 7) is 3.34. The van der Waals surface area contributed by atoms with Crippen LogP contribution in [-0.4, -0.2) is 55.7 Å². The molecule has 0 radical (unpaired) electrons. The van der Waals surface area contributed by atoms with E-state index in [-0.39, 0.29) is 16.6 Å². The van der Waals surface area contributed by atoms with Crippen molar-refractivity contribution in [3.05, 3.63) is 59.9 Å². The molecule has 10 heteroatoms. The third-order valence-corrected chi connectivity index (χ3v) is 7.84. The van der Waals surface area contributed by atoms with E-state index in [0.29, 0.717) is 42.5 Å². The zero-order valence-corrected chi connectivity index (χ0v) is 19.0. The maximum atomic E-state index is 13.3. The molecule has 1 saturated heterocycles. The predicted octanol–water partition coefficient (Wildman–Crippen LogP) is 3.43. The molecule has 1 aromatic heterocycles. The second-order valence-corrected chi connectivity index (χ2v) is 10.3. The fourth-order valence-corrected chi connectivity index (χ4v) is 5.62. The highest BCUT2D eigenvalue weighted by atomic mass is 32.2. The third-order valence-electron chi connectivity index (χ3n) is 5.03. The summed E-state index contributed by atoms with van der Waals surface area (Å²) in [5.74, 6) is -0.581. The van der Waals surface area contributed by atoms with Crippen molar-refractivity contribution >= 4 is 44.3 Å². The summed E-state index contributed by atoms with van der Waals surface area (Å²) < 4.78 is 45.8. The number of sulfonamides is 1. The number of hydrogen-bond donors (Lipinski definition) is 1. The van der Waals surface area contributed by atoms with Crippen LogP contribution in [0.15, 0.2) is 58.5 Å². The highest BCUT2D eigenvalue weighted by Gasteiger charge is 2.26. The minimum absolute atomic E-state index is 0.109. The Morgan fingerprint density at radius 3 is 2.72 bits per heavy atom. The summed E-state index contributed by atoms with van der Waals surface area (Å²) in [5.41, 5.74) is 1.91. The third kappa shape index (κ3) is 5.09. The van der Waals surface area contributed by atoms with Crippen LogP contribution in [0.1, 0.15) is 5.56 Å². The van der Waals surface area contributed by atoms with Crippen molar-refractivity contribution in [2.45, 2.75) is 16.8 Å². The number of halogens is 1. The number of pyridine rings is 1. The number of morpholine rings is 1. The molecule has 1 N–H and O–H groups in total. The molecule has 0 bridgehead atoms. The number of rotatable bonds is 6. The van der Waals surface area contributed by atoms with E-state index < -0.39 is 15.8 Å². The number of benzene rings is 2. The predicted molar refractivity (Wildman–Crippen MR) is 122 cm³/mol. The van der Waals surface area contributed by atoms with Crippen molar-refractivity contribution in [3.8, 4) is 0 Å². The number of ether oxygens (including phenoxy) is 1. The molecule has 0 aliphatic carbocycles. The molecule has 0 atom stereocenters. The first-order valence-electron chi connectivity index (χ1n) is 10.0. The molecule has 1 fully saturated rings. The normalized spacial score (nSPS) is 15.1. The molecule has 32 heavy (non-hydrogen) atoms. The number of anilines is 1. The number of fused-ring (bicyclic) bond motifs is 1. The van der Waals surface area contributed by atoms with Crippen molar-refractivity contribution < 1.29 is 22.3 Å². The first-order chi connectivity index (χ1) is 15.3. The fourth-order valence-electron chi connectivity index (χ4n) is 3.42. The van der Waals surface area contributed by atoms with Crippen molar-refractivity contribution in [1.29, 1.82) is 0 Å². The van der Waals surface area contributed by atoms with Crippen LogP contribution in [0.2, 0.25) is 0 Å². The van der Waals surface area contributed by atoms with Crippen LogP contribution < -0.4 is 5.32 Å². The highest BCUT2D eigenvalue weighted by molar-refractivity contribution is 7.99. The maximum Gasteiger partial charge on any atom is 0.243 e. The molecule has 2 aromatic carbocycles. The Bertz CT molecular complexity index is 1260. The Labute approximate surface area is 190 Å². The maximum absolute atomic E-state index is 13.3. The molecule has 4 rings (SSSR count). The van der Waals surface area contributed by atoms with Crippen molar-refractivity contribution in [2.75, 3.05) is 37.4 Å². The summed E-state index contributed by atoms with van der Waals surface area (Å²) in [6, 6.07) is 12.4. The van der Waals surface area contributed by atoms with Crippen LogP contribution in [-0.2, 0) is 19.6 Å². The van der Waals surface area contributed by atoms with Gasteiger partial charge >= 0.3 is 0 Å². The van der Waals surface area contributed by atoms with Crippen molar-refractivity contribution in [2.24, 2.45) is 0 Å². The largest absolute Gasteiger partial charge is 0.379 e. The van der Waals surface area contributed by atoms with E-state index in [9.17, 15) is 17.6 Å². The zero-order chi connectivity index (χ0) is 22.7. The topological polar surface area (TPSA) is 88.6 Å². The lowest BCUT2D eigenvalue weighted by Crippen LogP contribution is -2.40. The molecule has 0 unspecified atom stereocenters. The van der Waals surface area contributed by atoms with Gasteiger partial charge in [0, 0.05) is 24.2 Å². The Morgan fingerprint density at radius 2 is 1.97 bits per heavy atom. The lowest BCUT2D eigenvalue weighted by molar-refractivity contribution is -0.113. The van der Waals surface area contributed by atoms with Crippen molar-refractivity contribution in [1.82, 2.24) is 9.29 Å². The molecular weight excluding hydrogens is 453 g/mol. The van der Waals surface area contributed by atoms with Gasteiger partial charge in [-0.3, -0.25) is 4.79 Å². The number of amides is 1. The summed E-state index contributed by atoms with van der Waals surface area (Å²) in [5, 5.41) is 4.04. The van der Waals surface area contributed by atoms with Crippen LogP contribution in [0, 0.1) is 12.7 Å². The molecule has 0 spiro atoms. The highest BCUT2D eigenvalue weighted by Crippen LogP contribution is 2.27. The van der Waals surface area contributed by atoms with Gasteiger partial charge in [-0.2, -0.15) is 4.31 Å². The summed E-state index contributed by atoms with van der Waals surface area (Å²) in [7, 11) is -3.59. The lowest BCUT2D eigenvalue weighted by Gasteiger charge is -2.26. The molecule has 168 valence electrons. The molecular formula is C22H22FN3O4S2. The van der Waals surface area contributed by atoms with Gasteiger partial charge < -0.3 is 10.1 Å². The van der Waals surface area contributed by atoms with E-state index in [1.807, 2.05) is 13.0 Å². The van der Waals surface area contributed by atoms with Gasteiger partial charge in [0.05, 0.1) is 34.4 Å². The summed E-state index contributed by atoms with van der Waals surface area (Å²) >= 11 is 1.26. The lowest BCUT2D eigenvalue weighted by atomic mass is 10.1. The van der Waals surface area contributed by atoms with Crippen LogP contribution in [0.4, 0.5) is 10.1 Å². The van der Waals surface area contributed by atoms with Gasteiger partial charge in [-0.1, -0.05) is 17.8 Å². The van der Waals surface area contributed by atoms with Crippen molar-refractivity contribution in [3.63, 3.8) is 0 Å². The van der Waals surface area contributed by atoms with Gasteiger partial charge in [0.15, 0.2) is 0 Å². The second kappa shape index (κ2) is 9.53. The average molecular weight is 476 g/mol. The smallest absolute Gasteiger partial charge is 0.243 e. The van der Waals surface area contributed by atoms with Crippen LogP contribution >= 0.6 is 11.8 Å². The molecule has 0 saturated carbocycles. The molecule has 7 nitrogen and oxygen atoms in total. The Morgan fingerprint density at radius 1 is 1.19 bits per heavy atom. The van der Waals surface area contributed by atoms with E-state index in [2.05, 4.69) is 10.3 Å². The minimum Gasteiger partial charge on any atom is -0.379 e. The van der Waals surface area contributed by atoms with Crippen LogP contribution in [0.3, 0.4) is 0 Å². The monoisotopic (exact) mass is 475 g/mol. The molecule has 3 aromatic rings. The summed E-state index contributed by atoms with van der Waals surface area (Å²) in [6.07, 6.45) is 0. The van der Waals surface area contributed by atoms with Gasteiger partial charge in [0.25, 0.3) is 0 Å². The first kappa shape index (κ1) is 22.7. The zero-order valence-electron chi connectivity index (χ0n) is 17.4. The molecule has 1 aliphatic rings. The van der Waals surface area contributed by atoms with Gasteiger partial charge in [-0.25, -0.2) is 17.8 Å². The summed E-state index contributed by atoms with van der Waals surface area (Å²) in [4.78, 5) is 17.0. The first-order valence-corrected chi connectivity index (χ1v) is 12.4. The number of carbonyl (C=O) groups is 1.